The van der Waals surface area contributed by atoms with Gasteiger partial charge < -0.3 is 10.4 Å². The molecule has 17 heavy (non-hydrogen) atoms. The van der Waals surface area contributed by atoms with E-state index in [1.165, 1.54) is 11.1 Å². The third-order valence-electron chi connectivity index (χ3n) is 3.45. The number of benzene rings is 1. The van der Waals surface area contributed by atoms with Crippen LogP contribution in [0.5, 0.6) is 0 Å². The molecule has 3 nitrogen and oxygen atoms in total. The number of carboxylic acid groups (broad SMARTS) is 1. The van der Waals surface area contributed by atoms with Crippen LogP contribution in [0.2, 0.25) is 0 Å². The summed E-state index contributed by atoms with van der Waals surface area (Å²) in [4.78, 5) is 11.0. The molecule has 1 saturated heterocycles. The second-order valence-electron chi connectivity index (χ2n) is 4.90. The maximum Gasteiger partial charge on any atom is 0.306 e. The Labute approximate surface area is 102 Å². The lowest BCUT2D eigenvalue weighted by molar-refractivity contribution is -0.142. The first-order valence-electron chi connectivity index (χ1n) is 6.17. The second kappa shape index (κ2) is 5.32. The molecule has 1 aromatic carbocycles. The van der Waals surface area contributed by atoms with Gasteiger partial charge in [-0.15, -0.1) is 0 Å². The maximum absolute atomic E-state index is 11.0. The molecule has 1 aliphatic heterocycles. The molecule has 2 N–H and O–H groups in total. The van der Waals surface area contributed by atoms with Crippen molar-refractivity contribution in [2.45, 2.75) is 32.2 Å². The molecule has 1 fully saturated rings. The van der Waals surface area contributed by atoms with Crippen molar-refractivity contribution < 1.29 is 9.90 Å². The lowest BCUT2D eigenvalue weighted by Crippen LogP contribution is -2.41. The van der Waals surface area contributed by atoms with Crippen LogP contribution in [0, 0.1) is 12.8 Å². The molecule has 0 saturated carbocycles. The van der Waals surface area contributed by atoms with Gasteiger partial charge in [0.1, 0.15) is 0 Å². The Morgan fingerprint density at radius 2 is 2.12 bits per heavy atom. The molecule has 92 valence electrons. The van der Waals surface area contributed by atoms with E-state index in [9.17, 15) is 4.79 Å². The third kappa shape index (κ3) is 3.30. The van der Waals surface area contributed by atoms with Crippen molar-refractivity contribution in [3.05, 3.63) is 35.4 Å². The van der Waals surface area contributed by atoms with Crippen molar-refractivity contribution in [3.8, 4) is 0 Å². The van der Waals surface area contributed by atoms with Crippen LogP contribution in [0.15, 0.2) is 24.3 Å². The Morgan fingerprint density at radius 3 is 2.76 bits per heavy atom. The fourth-order valence-electron chi connectivity index (χ4n) is 2.39. The highest BCUT2D eigenvalue weighted by molar-refractivity contribution is 5.70. The Morgan fingerprint density at radius 1 is 1.41 bits per heavy atom. The number of piperidine rings is 1. The molecule has 0 spiro atoms. The topological polar surface area (TPSA) is 49.3 Å². The summed E-state index contributed by atoms with van der Waals surface area (Å²) in [6.07, 6.45) is 2.41. The van der Waals surface area contributed by atoms with Gasteiger partial charge >= 0.3 is 5.97 Å². The molecular formula is C14H19NO2. The first-order chi connectivity index (χ1) is 8.15. The number of carbonyl (C=O) groups is 1. The normalized spacial score (nSPS) is 24.5. The Balaban J connectivity index is 1.94. The van der Waals surface area contributed by atoms with Gasteiger partial charge in [0.2, 0.25) is 0 Å². The fraction of sp³-hybridized carbons (Fsp3) is 0.500. The van der Waals surface area contributed by atoms with Crippen LogP contribution in [0.1, 0.15) is 24.0 Å². The van der Waals surface area contributed by atoms with Crippen LogP contribution < -0.4 is 5.32 Å². The summed E-state index contributed by atoms with van der Waals surface area (Å²) >= 11 is 0. The largest absolute Gasteiger partial charge is 0.481 e. The van der Waals surface area contributed by atoms with E-state index >= 15 is 0 Å². The van der Waals surface area contributed by atoms with E-state index in [2.05, 4.69) is 36.5 Å². The number of rotatable bonds is 3. The van der Waals surface area contributed by atoms with Crippen molar-refractivity contribution >= 4 is 5.97 Å². The molecule has 0 aromatic heterocycles. The molecule has 1 aromatic rings. The first-order valence-corrected chi connectivity index (χ1v) is 6.17. The van der Waals surface area contributed by atoms with Gasteiger partial charge in [0, 0.05) is 6.04 Å². The Hall–Kier alpha value is -1.35. The van der Waals surface area contributed by atoms with E-state index in [0.29, 0.717) is 6.04 Å². The zero-order valence-electron chi connectivity index (χ0n) is 10.1. The summed E-state index contributed by atoms with van der Waals surface area (Å²) in [7, 11) is 0. The van der Waals surface area contributed by atoms with Gasteiger partial charge in [-0.25, -0.2) is 0 Å². The zero-order chi connectivity index (χ0) is 12.3. The van der Waals surface area contributed by atoms with E-state index < -0.39 is 5.97 Å². The average molecular weight is 233 g/mol. The lowest BCUT2D eigenvalue weighted by atomic mass is 9.89. The average Bonchev–Trinajstić information content (AvgIpc) is 2.32. The van der Waals surface area contributed by atoms with Gasteiger partial charge in [-0.1, -0.05) is 29.8 Å². The highest BCUT2D eigenvalue weighted by Crippen LogP contribution is 2.19. The lowest BCUT2D eigenvalue weighted by Gasteiger charge is -2.28. The summed E-state index contributed by atoms with van der Waals surface area (Å²) in [5.74, 6) is -0.827. The maximum atomic E-state index is 11.0. The minimum atomic E-state index is -0.652. The molecule has 2 atom stereocenters. The van der Waals surface area contributed by atoms with E-state index in [0.717, 1.165) is 25.8 Å². The SMILES string of the molecule is Cc1ccc(CC2CC(C(=O)O)CCN2)cc1. The molecule has 0 radical (unpaired) electrons. The van der Waals surface area contributed by atoms with Crippen LogP contribution in [0.4, 0.5) is 0 Å². The number of aryl methyl sites for hydroxylation is 1. The van der Waals surface area contributed by atoms with E-state index in [-0.39, 0.29) is 5.92 Å². The summed E-state index contributed by atoms with van der Waals surface area (Å²) in [6, 6.07) is 8.76. The minimum absolute atomic E-state index is 0.174. The van der Waals surface area contributed by atoms with E-state index in [4.69, 9.17) is 5.11 Å². The molecule has 3 heteroatoms. The number of carboxylic acids is 1. The van der Waals surface area contributed by atoms with Gasteiger partial charge in [-0.05, 0) is 38.3 Å². The number of nitrogens with one attached hydrogen (secondary N) is 1. The third-order valence-corrected chi connectivity index (χ3v) is 3.45. The predicted molar refractivity (Wildman–Crippen MR) is 67.0 cm³/mol. The summed E-state index contributed by atoms with van der Waals surface area (Å²) in [5, 5.41) is 12.4. The Bertz CT molecular complexity index is 386. The van der Waals surface area contributed by atoms with Gasteiger partial charge in [-0.3, -0.25) is 4.79 Å². The van der Waals surface area contributed by atoms with Gasteiger partial charge in [-0.2, -0.15) is 0 Å². The zero-order valence-corrected chi connectivity index (χ0v) is 10.1. The van der Waals surface area contributed by atoms with Gasteiger partial charge in [0.25, 0.3) is 0 Å². The van der Waals surface area contributed by atoms with Gasteiger partial charge in [0.05, 0.1) is 5.92 Å². The molecule has 0 aliphatic carbocycles. The minimum Gasteiger partial charge on any atom is -0.481 e. The van der Waals surface area contributed by atoms with E-state index in [1.807, 2.05) is 0 Å². The van der Waals surface area contributed by atoms with Crippen LogP contribution in [0.3, 0.4) is 0 Å². The molecule has 1 aliphatic rings. The molecule has 2 unspecified atom stereocenters. The molecule has 0 amide bonds. The van der Waals surface area contributed by atoms with Gasteiger partial charge in [0.15, 0.2) is 0 Å². The van der Waals surface area contributed by atoms with Crippen LogP contribution in [-0.4, -0.2) is 23.7 Å². The number of aliphatic carboxylic acids is 1. The van der Waals surface area contributed by atoms with Crippen molar-refractivity contribution in [2.24, 2.45) is 5.92 Å². The molecule has 0 bridgehead atoms. The summed E-state index contributed by atoms with van der Waals surface area (Å²) in [6.45, 7) is 2.89. The first kappa shape index (κ1) is 12.1. The van der Waals surface area contributed by atoms with Crippen molar-refractivity contribution in [3.63, 3.8) is 0 Å². The summed E-state index contributed by atoms with van der Waals surface area (Å²) < 4.78 is 0. The number of hydrogen-bond donors (Lipinski definition) is 2. The quantitative estimate of drug-likeness (QED) is 0.839. The monoisotopic (exact) mass is 233 g/mol. The Kier molecular flexibility index (Phi) is 3.79. The highest BCUT2D eigenvalue weighted by Gasteiger charge is 2.26. The van der Waals surface area contributed by atoms with Crippen LogP contribution >= 0.6 is 0 Å². The second-order valence-corrected chi connectivity index (χ2v) is 4.90. The molecular weight excluding hydrogens is 214 g/mol. The summed E-state index contributed by atoms with van der Waals surface area (Å²) in [5.41, 5.74) is 2.54. The molecule has 1 heterocycles. The van der Waals surface area contributed by atoms with Crippen molar-refractivity contribution in [1.82, 2.24) is 5.32 Å². The van der Waals surface area contributed by atoms with Crippen molar-refractivity contribution in [2.75, 3.05) is 6.54 Å². The van der Waals surface area contributed by atoms with Crippen molar-refractivity contribution in [1.29, 1.82) is 0 Å². The fourth-order valence-corrected chi connectivity index (χ4v) is 2.39. The van der Waals surface area contributed by atoms with E-state index in [1.54, 1.807) is 0 Å². The van der Waals surface area contributed by atoms with Crippen LogP contribution in [0.25, 0.3) is 0 Å². The smallest absolute Gasteiger partial charge is 0.306 e. The highest BCUT2D eigenvalue weighted by atomic mass is 16.4. The van der Waals surface area contributed by atoms with Crippen LogP contribution in [-0.2, 0) is 11.2 Å². The predicted octanol–water partition coefficient (Wildman–Crippen LogP) is 1.99. The number of hydrogen-bond acceptors (Lipinski definition) is 2. The standard InChI is InChI=1S/C14H19NO2/c1-10-2-4-11(5-3-10)8-13-9-12(14(16)17)6-7-15-13/h2-5,12-13,15H,6-9H2,1H3,(H,16,17). The molecule has 2 rings (SSSR count).